The number of carboxylic acid groups (broad SMARTS) is 1. The molecule has 0 aliphatic rings. The Labute approximate surface area is 76.5 Å². The van der Waals surface area contributed by atoms with Gasteiger partial charge in [0.2, 0.25) is 0 Å². The number of halogens is 7. The van der Waals surface area contributed by atoms with Gasteiger partial charge in [-0.2, -0.15) is 30.7 Å². The number of aliphatic carboxylic acids is 1. The van der Waals surface area contributed by atoms with Crippen LogP contribution in [0.25, 0.3) is 0 Å². The average molecular weight is 242 g/mol. The first-order chi connectivity index (χ1) is 6.35. The molecule has 3 nitrogen and oxygen atoms in total. The molecule has 10 heteroatoms. The lowest BCUT2D eigenvalue weighted by atomic mass is 10.1. The summed E-state index contributed by atoms with van der Waals surface area (Å²) in [6.07, 6.45) is -6.25. The molecule has 0 atom stereocenters. The number of rotatable bonds is 3. The Balaban J connectivity index is 5.33. The van der Waals surface area contributed by atoms with Gasteiger partial charge in [0, 0.05) is 0 Å². The molecule has 0 aromatic heterocycles. The number of alkyl halides is 7. The van der Waals surface area contributed by atoms with E-state index in [1.807, 2.05) is 0 Å². The zero-order valence-electron chi connectivity index (χ0n) is 6.41. The van der Waals surface area contributed by atoms with Crippen LogP contribution in [0.2, 0.25) is 0 Å². The van der Waals surface area contributed by atoms with Gasteiger partial charge in [0.1, 0.15) is 0 Å². The number of carbonyl (C=O) groups is 2. The van der Waals surface area contributed by atoms with Crippen LogP contribution in [0.5, 0.6) is 0 Å². The summed E-state index contributed by atoms with van der Waals surface area (Å²) >= 11 is 0. The average Bonchev–Trinajstić information content (AvgIpc) is 2.00. The minimum Gasteiger partial charge on any atom is -0.477 e. The fourth-order valence-electron chi connectivity index (χ4n) is 0.455. The van der Waals surface area contributed by atoms with Crippen LogP contribution in [0.15, 0.2) is 0 Å². The molecule has 0 saturated heterocycles. The summed E-state index contributed by atoms with van der Waals surface area (Å²) < 4.78 is 82.5. The van der Waals surface area contributed by atoms with E-state index in [-0.39, 0.29) is 0 Å². The van der Waals surface area contributed by atoms with Gasteiger partial charge in [-0.3, -0.25) is 4.79 Å². The third-order valence-electron chi connectivity index (χ3n) is 1.21. The highest BCUT2D eigenvalue weighted by Gasteiger charge is 2.72. The van der Waals surface area contributed by atoms with E-state index in [0.29, 0.717) is 0 Å². The van der Waals surface area contributed by atoms with Crippen molar-refractivity contribution < 1.29 is 45.4 Å². The third kappa shape index (κ3) is 2.18. The molecule has 0 spiro atoms. The SMILES string of the molecule is O=C(O)C(F)(F)C(F)(F)C(=O)C(F)(F)F. The van der Waals surface area contributed by atoms with Crippen molar-refractivity contribution in [1.82, 2.24) is 0 Å². The predicted octanol–water partition coefficient (Wildman–Crippen LogP) is 1.47. The topological polar surface area (TPSA) is 54.4 Å². The van der Waals surface area contributed by atoms with Crippen molar-refractivity contribution in [2.75, 3.05) is 0 Å². The molecule has 0 amide bonds. The Bertz CT molecular complexity index is 291. The quantitative estimate of drug-likeness (QED) is 0.762. The number of carboxylic acids is 1. The molecule has 0 unspecified atom stereocenters. The maximum atomic E-state index is 12.1. The summed E-state index contributed by atoms with van der Waals surface area (Å²) in [6, 6.07) is 0. The van der Waals surface area contributed by atoms with Crippen molar-refractivity contribution in [3.63, 3.8) is 0 Å². The highest BCUT2D eigenvalue weighted by molar-refractivity contribution is 5.96. The summed E-state index contributed by atoms with van der Waals surface area (Å²) in [5, 5.41) is 7.54. The molecule has 0 aromatic rings. The van der Waals surface area contributed by atoms with E-state index in [4.69, 9.17) is 5.11 Å². The second kappa shape index (κ2) is 3.35. The zero-order chi connectivity index (χ0) is 12.7. The van der Waals surface area contributed by atoms with Gasteiger partial charge in [0.15, 0.2) is 0 Å². The fraction of sp³-hybridized carbons (Fsp3) is 0.600. The van der Waals surface area contributed by atoms with Crippen molar-refractivity contribution in [2.45, 2.75) is 18.0 Å². The first-order valence-electron chi connectivity index (χ1n) is 2.95. The van der Waals surface area contributed by atoms with E-state index in [0.717, 1.165) is 0 Å². The standard InChI is InChI=1S/C5HF7O3/c6-3(7,1(13)5(10,11)12)4(8,9)2(14)15/h(H,14,15). The van der Waals surface area contributed by atoms with Crippen molar-refractivity contribution in [1.29, 1.82) is 0 Å². The Morgan fingerprint density at radius 2 is 1.13 bits per heavy atom. The van der Waals surface area contributed by atoms with Crippen molar-refractivity contribution in [2.24, 2.45) is 0 Å². The summed E-state index contributed by atoms with van der Waals surface area (Å²) in [5.41, 5.74) is 0. The van der Waals surface area contributed by atoms with Gasteiger partial charge in [-0.25, -0.2) is 4.79 Å². The molecule has 0 aliphatic carbocycles. The monoisotopic (exact) mass is 242 g/mol. The second-order valence-electron chi connectivity index (χ2n) is 2.28. The van der Waals surface area contributed by atoms with E-state index < -0.39 is 29.8 Å². The van der Waals surface area contributed by atoms with Crippen LogP contribution in [0.3, 0.4) is 0 Å². The smallest absolute Gasteiger partial charge is 0.456 e. The van der Waals surface area contributed by atoms with Gasteiger partial charge < -0.3 is 5.11 Å². The minimum absolute atomic E-state index is 3.52. The van der Waals surface area contributed by atoms with Gasteiger partial charge in [0.05, 0.1) is 0 Å². The number of ketones is 1. The van der Waals surface area contributed by atoms with Crippen LogP contribution in [-0.2, 0) is 9.59 Å². The number of Topliss-reactive ketones (excluding diaryl/α,β-unsaturated/α-hetero) is 1. The summed E-state index contributed by atoms with van der Waals surface area (Å²) in [6.45, 7) is 0. The van der Waals surface area contributed by atoms with Crippen molar-refractivity contribution in [3.8, 4) is 0 Å². The molecule has 15 heavy (non-hydrogen) atoms. The molecule has 0 bridgehead atoms. The zero-order valence-corrected chi connectivity index (χ0v) is 6.41. The normalized spacial score (nSPS) is 13.8. The Hall–Kier alpha value is -1.35. The molecule has 0 fully saturated rings. The Morgan fingerprint density at radius 3 is 1.33 bits per heavy atom. The highest BCUT2D eigenvalue weighted by Crippen LogP contribution is 2.39. The van der Waals surface area contributed by atoms with Gasteiger partial charge in [-0.05, 0) is 0 Å². The van der Waals surface area contributed by atoms with E-state index in [1.54, 1.807) is 0 Å². The third-order valence-corrected chi connectivity index (χ3v) is 1.21. The van der Waals surface area contributed by atoms with Crippen molar-refractivity contribution in [3.05, 3.63) is 0 Å². The molecular formula is C5HF7O3. The van der Waals surface area contributed by atoms with Gasteiger partial charge in [-0.15, -0.1) is 0 Å². The predicted molar refractivity (Wildman–Crippen MR) is 28.6 cm³/mol. The molecule has 88 valence electrons. The Morgan fingerprint density at radius 1 is 0.800 bits per heavy atom. The largest absolute Gasteiger partial charge is 0.477 e. The highest BCUT2D eigenvalue weighted by atomic mass is 19.4. The lowest BCUT2D eigenvalue weighted by Crippen LogP contribution is -2.56. The van der Waals surface area contributed by atoms with Crippen LogP contribution in [-0.4, -0.2) is 34.9 Å². The molecule has 0 saturated carbocycles. The molecule has 0 aromatic carbocycles. The second-order valence-corrected chi connectivity index (χ2v) is 2.28. The molecule has 1 N–H and O–H groups in total. The molecule has 0 aliphatic heterocycles. The van der Waals surface area contributed by atoms with E-state index in [1.165, 1.54) is 0 Å². The van der Waals surface area contributed by atoms with E-state index >= 15 is 0 Å². The van der Waals surface area contributed by atoms with Crippen LogP contribution in [0.4, 0.5) is 30.7 Å². The maximum Gasteiger partial charge on any atom is 0.456 e. The molecule has 0 radical (unpaired) electrons. The number of hydrogen-bond donors (Lipinski definition) is 1. The van der Waals surface area contributed by atoms with Gasteiger partial charge in [-0.1, -0.05) is 0 Å². The minimum atomic E-state index is -6.34. The van der Waals surface area contributed by atoms with Gasteiger partial charge >= 0.3 is 29.8 Å². The fourth-order valence-corrected chi connectivity index (χ4v) is 0.455. The Kier molecular flexibility index (Phi) is 3.05. The lowest BCUT2D eigenvalue weighted by molar-refractivity contribution is -0.242. The number of hydrogen-bond acceptors (Lipinski definition) is 2. The van der Waals surface area contributed by atoms with Crippen LogP contribution >= 0.6 is 0 Å². The van der Waals surface area contributed by atoms with E-state index in [9.17, 15) is 40.3 Å². The molecule has 0 rings (SSSR count). The van der Waals surface area contributed by atoms with E-state index in [2.05, 4.69) is 0 Å². The lowest BCUT2D eigenvalue weighted by Gasteiger charge is -2.22. The summed E-state index contributed by atoms with van der Waals surface area (Å²) in [4.78, 5) is 19.4. The molecular weight excluding hydrogens is 241 g/mol. The van der Waals surface area contributed by atoms with Gasteiger partial charge in [0.25, 0.3) is 0 Å². The molecule has 0 heterocycles. The van der Waals surface area contributed by atoms with Crippen molar-refractivity contribution >= 4 is 11.8 Å². The summed E-state index contributed by atoms with van der Waals surface area (Å²) in [7, 11) is 0. The summed E-state index contributed by atoms with van der Waals surface area (Å²) in [5.74, 6) is -20.1. The van der Waals surface area contributed by atoms with Crippen LogP contribution in [0.1, 0.15) is 0 Å². The number of carbonyl (C=O) groups excluding carboxylic acids is 1. The van der Waals surface area contributed by atoms with Crippen LogP contribution in [0, 0.1) is 0 Å². The maximum absolute atomic E-state index is 12.1. The van der Waals surface area contributed by atoms with Crippen LogP contribution < -0.4 is 0 Å². The first kappa shape index (κ1) is 13.7. The first-order valence-corrected chi connectivity index (χ1v) is 2.95.